The van der Waals surface area contributed by atoms with E-state index in [-0.39, 0.29) is 17.7 Å². The highest BCUT2D eigenvalue weighted by Gasteiger charge is 2.25. The summed E-state index contributed by atoms with van der Waals surface area (Å²) in [6.45, 7) is 7.31. The summed E-state index contributed by atoms with van der Waals surface area (Å²) in [5.74, 6) is 0.108. The fourth-order valence-electron chi connectivity index (χ4n) is 2.24. The van der Waals surface area contributed by atoms with Crippen molar-refractivity contribution in [3.8, 4) is 0 Å². The van der Waals surface area contributed by atoms with Crippen molar-refractivity contribution in [3.05, 3.63) is 0 Å². The Kier molecular flexibility index (Phi) is 5.41. The zero-order valence-electron chi connectivity index (χ0n) is 10.8. The van der Waals surface area contributed by atoms with Crippen LogP contribution in [0.5, 0.6) is 0 Å². The predicted molar refractivity (Wildman–Crippen MR) is 66.3 cm³/mol. The quantitative estimate of drug-likeness (QED) is 0.739. The minimum absolute atomic E-state index is 0.151. The fourth-order valence-corrected chi connectivity index (χ4v) is 2.24. The molecule has 0 bridgehead atoms. The molecule has 1 heterocycles. The molecule has 1 saturated heterocycles. The Bertz CT molecular complexity index is 269. The molecule has 2 amide bonds. The van der Waals surface area contributed by atoms with E-state index in [0.717, 1.165) is 25.9 Å². The molecule has 0 aromatic rings. The van der Waals surface area contributed by atoms with Crippen molar-refractivity contribution < 1.29 is 9.59 Å². The number of carbonyl (C=O) groups is 2. The third-order valence-electron chi connectivity index (χ3n) is 3.40. The minimum atomic E-state index is -0.301. The number of hydrogen-bond donors (Lipinski definition) is 1. The maximum atomic E-state index is 12.1. The van der Waals surface area contributed by atoms with Crippen molar-refractivity contribution in [1.82, 2.24) is 9.80 Å². The molecule has 5 heteroatoms. The van der Waals surface area contributed by atoms with E-state index in [0.29, 0.717) is 19.6 Å². The van der Waals surface area contributed by atoms with E-state index in [9.17, 15) is 9.59 Å². The van der Waals surface area contributed by atoms with Crippen molar-refractivity contribution in [2.45, 2.75) is 26.7 Å². The molecule has 98 valence electrons. The molecule has 5 nitrogen and oxygen atoms in total. The van der Waals surface area contributed by atoms with E-state index in [1.165, 1.54) is 0 Å². The lowest BCUT2D eigenvalue weighted by Gasteiger charge is -2.35. The zero-order chi connectivity index (χ0) is 12.8. The molecular weight excluding hydrogens is 218 g/mol. The standard InChI is InChI=1S/C12H23N3O2/c1-3-10(4-2)12(17)15-7-5-14(6-8-15)9-11(13)16/h10H,3-9H2,1-2H3,(H2,13,16). The summed E-state index contributed by atoms with van der Waals surface area (Å²) in [6.07, 6.45) is 1.80. The Morgan fingerprint density at radius 2 is 1.65 bits per heavy atom. The molecule has 0 atom stereocenters. The number of rotatable bonds is 5. The highest BCUT2D eigenvalue weighted by Crippen LogP contribution is 2.13. The largest absolute Gasteiger partial charge is 0.369 e. The maximum Gasteiger partial charge on any atom is 0.231 e. The first kappa shape index (κ1) is 14.0. The zero-order valence-corrected chi connectivity index (χ0v) is 10.8. The first-order valence-electron chi connectivity index (χ1n) is 6.37. The Hall–Kier alpha value is -1.10. The molecular formula is C12H23N3O2. The summed E-state index contributed by atoms with van der Waals surface area (Å²) in [6, 6.07) is 0. The van der Waals surface area contributed by atoms with Crippen molar-refractivity contribution in [2.24, 2.45) is 11.7 Å². The second-order valence-electron chi connectivity index (χ2n) is 4.58. The van der Waals surface area contributed by atoms with Crippen molar-refractivity contribution in [3.63, 3.8) is 0 Å². The number of hydrogen-bond acceptors (Lipinski definition) is 3. The highest BCUT2D eigenvalue weighted by atomic mass is 16.2. The molecule has 0 aliphatic carbocycles. The SMILES string of the molecule is CCC(CC)C(=O)N1CCN(CC(N)=O)CC1. The van der Waals surface area contributed by atoms with Crippen LogP contribution < -0.4 is 5.73 Å². The lowest BCUT2D eigenvalue weighted by atomic mass is 10.0. The molecule has 1 rings (SSSR count). The monoisotopic (exact) mass is 241 g/mol. The van der Waals surface area contributed by atoms with Gasteiger partial charge >= 0.3 is 0 Å². The van der Waals surface area contributed by atoms with E-state index in [4.69, 9.17) is 5.73 Å². The predicted octanol–water partition coefficient (Wildman–Crippen LogP) is 0.0521. The lowest BCUT2D eigenvalue weighted by molar-refractivity contribution is -0.137. The van der Waals surface area contributed by atoms with Gasteiger partial charge in [-0.3, -0.25) is 14.5 Å². The van der Waals surface area contributed by atoms with Gasteiger partial charge in [0.25, 0.3) is 0 Å². The van der Waals surface area contributed by atoms with Crippen molar-refractivity contribution in [1.29, 1.82) is 0 Å². The Balaban J connectivity index is 2.40. The molecule has 1 aliphatic heterocycles. The van der Waals surface area contributed by atoms with Crippen molar-refractivity contribution in [2.75, 3.05) is 32.7 Å². The van der Waals surface area contributed by atoms with Crippen LogP contribution in [0, 0.1) is 5.92 Å². The van der Waals surface area contributed by atoms with Gasteiger partial charge in [-0.15, -0.1) is 0 Å². The second-order valence-corrected chi connectivity index (χ2v) is 4.58. The summed E-state index contributed by atoms with van der Waals surface area (Å²) in [5, 5.41) is 0. The van der Waals surface area contributed by atoms with Crippen LogP contribution in [0.25, 0.3) is 0 Å². The minimum Gasteiger partial charge on any atom is -0.369 e. The van der Waals surface area contributed by atoms with E-state index < -0.39 is 0 Å². The van der Waals surface area contributed by atoms with Crippen LogP contribution in [0.2, 0.25) is 0 Å². The van der Waals surface area contributed by atoms with Crippen LogP contribution in [0.15, 0.2) is 0 Å². The smallest absolute Gasteiger partial charge is 0.231 e. The van der Waals surface area contributed by atoms with E-state index >= 15 is 0 Å². The molecule has 0 saturated carbocycles. The Morgan fingerprint density at radius 3 is 2.06 bits per heavy atom. The van der Waals surface area contributed by atoms with E-state index in [1.807, 2.05) is 9.80 Å². The average Bonchev–Trinajstić information content (AvgIpc) is 2.30. The number of nitrogens with zero attached hydrogens (tertiary/aromatic N) is 2. The van der Waals surface area contributed by atoms with Crippen LogP contribution in [-0.2, 0) is 9.59 Å². The normalized spacial score (nSPS) is 17.5. The van der Waals surface area contributed by atoms with E-state index in [2.05, 4.69) is 13.8 Å². The third kappa shape index (κ3) is 4.00. The van der Waals surface area contributed by atoms with Gasteiger partial charge in [0.05, 0.1) is 6.54 Å². The molecule has 0 aromatic heterocycles. The average molecular weight is 241 g/mol. The van der Waals surface area contributed by atoms with Crippen LogP contribution in [0.1, 0.15) is 26.7 Å². The number of carbonyl (C=O) groups excluding carboxylic acids is 2. The van der Waals surface area contributed by atoms with Crippen LogP contribution in [-0.4, -0.2) is 54.3 Å². The molecule has 0 unspecified atom stereocenters. The lowest BCUT2D eigenvalue weighted by Crippen LogP contribution is -2.51. The number of piperazine rings is 1. The molecule has 0 aromatic carbocycles. The number of nitrogens with two attached hydrogens (primary N) is 1. The van der Waals surface area contributed by atoms with Gasteiger partial charge in [0.2, 0.25) is 11.8 Å². The first-order valence-corrected chi connectivity index (χ1v) is 6.37. The van der Waals surface area contributed by atoms with Gasteiger partial charge in [-0.25, -0.2) is 0 Å². The van der Waals surface area contributed by atoms with Crippen LogP contribution in [0.3, 0.4) is 0 Å². The maximum absolute atomic E-state index is 12.1. The molecule has 2 N–H and O–H groups in total. The molecule has 0 radical (unpaired) electrons. The van der Waals surface area contributed by atoms with E-state index in [1.54, 1.807) is 0 Å². The van der Waals surface area contributed by atoms with Crippen LogP contribution >= 0.6 is 0 Å². The van der Waals surface area contributed by atoms with Gasteiger partial charge < -0.3 is 10.6 Å². The summed E-state index contributed by atoms with van der Waals surface area (Å²) >= 11 is 0. The van der Waals surface area contributed by atoms with Crippen molar-refractivity contribution >= 4 is 11.8 Å². The number of amides is 2. The summed E-state index contributed by atoms with van der Waals surface area (Å²) in [5.41, 5.74) is 5.15. The number of primary amides is 1. The summed E-state index contributed by atoms with van der Waals surface area (Å²) in [7, 11) is 0. The molecule has 1 aliphatic rings. The van der Waals surface area contributed by atoms with Gasteiger partial charge in [0.15, 0.2) is 0 Å². The first-order chi connectivity index (χ1) is 8.08. The van der Waals surface area contributed by atoms with Gasteiger partial charge in [0, 0.05) is 32.1 Å². The van der Waals surface area contributed by atoms with Gasteiger partial charge in [-0.1, -0.05) is 13.8 Å². The molecule has 1 fully saturated rings. The Morgan fingerprint density at radius 1 is 1.12 bits per heavy atom. The van der Waals surface area contributed by atoms with Gasteiger partial charge in [-0.2, -0.15) is 0 Å². The second kappa shape index (κ2) is 6.59. The van der Waals surface area contributed by atoms with Gasteiger partial charge in [0.1, 0.15) is 0 Å². The highest BCUT2D eigenvalue weighted by molar-refractivity contribution is 5.79. The van der Waals surface area contributed by atoms with Gasteiger partial charge in [-0.05, 0) is 12.8 Å². The molecule has 17 heavy (non-hydrogen) atoms. The summed E-state index contributed by atoms with van der Waals surface area (Å²) < 4.78 is 0. The van der Waals surface area contributed by atoms with Crippen LogP contribution in [0.4, 0.5) is 0 Å². The third-order valence-corrected chi connectivity index (χ3v) is 3.40. The molecule has 0 spiro atoms. The topological polar surface area (TPSA) is 66.6 Å². The summed E-state index contributed by atoms with van der Waals surface area (Å²) in [4.78, 5) is 26.8. The Labute approximate surface area is 103 Å². The fraction of sp³-hybridized carbons (Fsp3) is 0.833.